The zero-order valence-corrected chi connectivity index (χ0v) is 15.5. The van der Waals surface area contributed by atoms with Crippen LogP contribution in [0.15, 0.2) is 66.7 Å². The summed E-state index contributed by atoms with van der Waals surface area (Å²) in [6.07, 6.45) is 0. The quantitative estimate of drug-likeness (QED) is 0.500. The molecule has 1 N–H and O–H groups in total. The van der Waals surface area contributed by atoms with E-state index < -0.39 is 0 Å². The van der Waals surface area contributed by atoms with Crippen LogP contribution in [-0.2, 0) is 22.7 Å². The lowest BCUT2D eigenvalue weighted by Gasteiger charge is -2.20. The van der Waals surface area contributed by atoms with E-state index in [1.165, 1.54) is 0 Å². The van der Waals surface area contributed by atoms with Crippen molar-refractivity contribution in [3.63, 3.8) is 0 Å². The van der Waals surface area contributed by atoms with Crippen molar-refractivity contribution in [3.05, 3.63) is 77.9 Å². The van der Waals surface area contributed by atoms with E-state index in [0.29, 0.717) is 13.2 Å². The Balaban J connectivity index is 2.19. The van der Waals surface area contributed by atoms with Gasteiger partial charge in [-0.2, -0.15) is 0 Å². The van der Waals surface area contributed by atoms with Crippen molar-refractivity contribution in [1.29, 1.82) is 0 Å². The van der Waals surface area contributed by atoms with Crippen LogP contribution in [0.3, 0.4) is 0 Å². The molecule has 0 aliphatic rings. The standard InChI is InChI=1S/C24H22O3/c1-26-14-18-12-11-16-7-3-5-9-19(16)23(18)24-20-10-6-4-8-17(20)13-22(25)21(24)15-27-2/h3-13,25H,14-15H2,1-2H3. The molecule has 136 valence electrons. The number of phenols is 1. The molecule has 0 unspecified atom stereocenters. The minimum absolute atomic E-state index is 0.252. The lowest BCUT2D eigenvalue weighted by molar-refractivity contribution is 0.182. The fraction of sp³-hybridized carbons (Fsp3) is 0.167. The Kier molecular flexibility index (Phi) is 4.80. The average Bonchev–Trinajstić information content (AvgIpc) is 2.69. The molecule has 4 aromatic carbocycles. The molecule has 0 saturated heterocycles. The lowest BCUT2D eigenvalue weighted by atomic mass is 9.87. The lowest BCUT2D eigenvalue weighted by Crippen LogP contribution is -2.00. The molecule has 3 heteroatoms. The molecule has 4 aromatic rings. The number of aromatic hydroxyl groups is 1. The Morgan fingerprint density at radius 1 is 0.704 bits per heavy atom. The van der Waals surface area contributed by atoms with Crippen molar-refractivity contribution in [2.24, 2.45) is 0 Å². The summed E-state index contributed by atoms with van der Waals surface area (Å²) in [4.78, 5) is 0. The summed E-state index contributed by atoms with van der Waals surface area (Å²) >= 11 is 0. The molecule has 0 bridgehead atoms. The molecule has 27 heavy (non-hydrogen) atoms. The summed E-state index contributed by atoms with van der Waals surface area (Å²) in [6, 6.07) is 22.5. The Hall–Kier alpha value is -2.88. The first-order valence-corrected chi connectivity index (χ1v) is 8.97. The first kappa shape index (κ1) is 17.5. The Morgan fingerprint density at radius 2 is 1.33 bits per heavy atom. The van der Waals surface area contributed by atoms with Crippen LogP contribution in [-0.4, -0.2) is 19.3 Å². The number of hydrogen-bond acceptors (Lipinski definition) is 3. The van der Waals surface area contributed by atoms with Crippen molar-refractivity contribution in [2.45, 2.75) is 13.2 Å². The van der Waals surface area contributed by atoms with Gasteiger partial charge in [0.1, 0.15) is 5.75 Å². The van der Waals surface area contributed by atoms with Gasteiger partial charge in [-0.25, -0.2) is 0 Å². The SMILES string of the molecule is COCc1ccc2ccccc2c1-c1c(COC)c(O)cc2ccccc12. The third-order valence-electron chi connectivity index (χ3n) is 4.99. The summed E-state index contributed by atoms with van der Waals surface area (Å²) < 4.78 is 10.9. The van der Waals surface area contributed by atoms with Crippen LogP contribution in [0.1, 0.15) is 11.1 Å². The zero-order chi connectivity index (χ0) is 18.8. The molecule has 0 aliphatic carbocycles. The van der Waals surface area contributed by atoms with E-state index in [1.807, 2.05) is 36.4 Å². The van der Waals surface area contributed by atoms with Crippen LogP contribution in [0, 0.1) is 0 Å². The van der Waals surface area contributed by atoms with Crippen molar-refractivity contribution >= 4 is 21.5 Å². The third-order valence-corrected chi connectivity index (χ3v) is 4.99. The smallest absolute Gasteiger partial charge is 0.122 e. The van der Waals surface area contributed by atoms with Gasteiger partial charge in [-0.05, 0) is 44.3 Å². The monoisotopic (exact) mass is 358 g/mol. The Morgan fingerprint density at radius 3 is 2.04 bits per heavy atom. The third kappa shape index (κ3) is 3.05. The van der Waals surface area contributed by atoms with Crippen LogP contribution in [0.25, 0.3) is 32.7 Å². The molecule has 0 aliphatic heterocycles. The minimum Gasteiger partial charge on any atom is -0.508 e. The van der Waals surface area contributed by atoms with E-state index in [2.05, 4.69) is 30.3 Å². The highest BCUT2D eigenvalue weighted by Crippen LogP contribution is 2.42. The first-order chi connectivity index (χ1) is 13.2. The van der Waals surface area contributed by atoms with Gasteiger partial charge >= 0.3 is 0 Å². The molecular weight excluding hydrogens is 336 g/mol. The van der Waals surface area contributed by atoms with Crippen LogP contribution in [0.2, 0.25) is 0 Å². The number of benzene rings is 4. The van der Waals surface area contributed by atoms with Crippen LogP contribution < -0.4 is 0 Å². The van der Waals surface area contributed by atoms with Gasteiger partial charge in [0.25, 0.3) is 0 Å². The van der Waals surface area contributed by atoms with Crippen molar-refractivity contribution < 1.29 is 14.6 Å². The van der Waals surface area contributed by atoms with Crippen molar-refractivity contribution in [3.8, 4) is 16.9 Å². The number of fused-ring (bicyclic) bond motifs is 2. The number of ether oxygens (including phenoxy) is 2. The highest BCUT2D eigenvalue weighted by Gasteiger charge is 2.19. The largest absolute Gasteiger partial charge is 0.508 e. The summed E-state index contributed by atoms with van der Waals surface area (Å²) in [5.41, 5.74) is 3.99. The van der Waals surface area contributed by atoms with Gasteiger partial charge in [0.15, 0.2) is 0 Å². The van der Waals surface area contributed by atoms with Gasteiger partial charge in [0.05, 0.1) is 13.2 Å². The number of hydrogen-bond donors (Lipinski definition) is 1. The Bertz CT molecular complexity index is 1120. The van der Waals surface area contributed by atoms with Crippen LogP contribution >= 0.6 is 0 Å². The van der Waals surface area contributed by atoms with E-state index in [0.717, 1.165) is 43.8 Å². The second-order valence-corrected chi connectivity index (χ2v) is 6.66. The van der Waals surface area contributed by atoms with Gasteiger partial charge in [-0.3, -0.25) is 0 Å². The predicted molar refractivity (Wildman–Crippen MR) is 110 cm³/mol. The average molecular weight is 358 g/mol. The van der Waals surface area contributed by atoms with Gasteiger partial charge in [-0.15, -0.1) is 0 Å². The first-order valence-electron chi connectivity index (χ1n) is 8.97. The van der Waals surface area contributed by atoms with Crippen LogP contribution in [0.5, 0.6) is 5.75 Å². The summed E-state index contributed by atoms with van der Waals surface area (Å²) in [5, 5.41) is 15.2. The predicted octanol–water partition coefficient (Wildman–Crippen LogP) is 5.66. The zero-order valence-electron chi connectivity index (χ0n) is 15.5. The van der Waals surface area contributed by atoms with Crippen LogP contribution in [0.4, 0.5) is 0 Å². The molecular formula is C24H22O3. The van der Waals surface area contributed by atoms with Gasteiger partial charge in [0.2, 0.25) is 0 Å². The maximum atomic E-state index is 10.8. The fourth-order valence-electron chi connectivity index (χ4n) is 3.84. The van der Waals surface area contributed by atoms with Gasteiger partial charge < -0.3 is 14.6 Å². The molecule has 0 heterocycles. The van der Waals surface area contributed by atoms with Gasteiger partial charge in [0, 0.05) is 19.8 Å². The van der Waals surface area contributed by atoms with Crippen molar-refractivity contribution in [2.75, 3.05) is 14.2 Å². The van der Waals surface area contributed by atoms with E-state index in [1.54, 1.807) is 14.2 Å². The molecule has 0 radical (unpaired) electrons. The van der Waals surface area contributed by atoms with E-state index in [-0.39, 0.29) is 5.75 Å². The summed E-state index contributed by atoms with van der Waals surface area (Å²) in [6.45, 7) is 0.832. The molecule has 0 fully saturated rings. The molecule has 4 rings (SSSR count). The highest BCUT2D eigenvalue weighted by molar-refractivity contribution is 6.08. The summed E-state index contributed by atoms with van der Waals surface area (Å²) in [5.74, 6) is 0.252. The second kappa shape index (κ2) is 7.39. The van der Waals surface area contributed by atoms with E-state index in [4.69, 9.17) is 9.47 Å². The molecule has 0 amide bonds. The normalized spacial score (nSPS) is 11.3. The summed E-state index contributed by atoms with van der Waals surface area (Å²) in [7, 11) is 3.35. The Labute approximate surface area is 158 Å². The second-order valence-electron chi connectivity index (χ2n) is 6.66. The number of rotatable bonds is 5. The topological polar surface area (TPSA) is 38.7 Å². The highest BCUT2D eigenvalue weighted by atomic mass is 16.5. The maximum absolute atomic E-state index is 10.8. The maximum Gasteiger partial charge on any atom is 0.122 e. The molecule has 0 aromatic heterocycles. The van der Waals surface area contributed by atoms with Gasteiger partial charge in [-0.1, -0.05) is 60.7 Å². The van der Waals surface area contributed by atoms with E-state index >= 15 is 0 Å². The minimum atomic E-state index is 0.252. The fourth-order valence-corrected chi connectivity index (χ4v) is 3.84. The molecule has 3 nitrogen and oxygen atoms in total. The molecule has 0 atom stereocenters. The number of phenolic OH excluding ortho intramolecular Hbond substituents is 1. The number of methoxy groups -OCH3 is 2. The molecule has 0 spiro atoms. The van der Waals surface area contributed by atoms with Crippen molar-refractivity contribution in [1.82, 2.24) is 0 Å². The van der Waals surface area contributed by atoms with E-state index in [9.17, 15) is 5.11 Å². The molecule has 0 saturated carbocycles.